The third-order valence-corrected chi connectivity index (χ3v) is 2.92. The lowest BCUT2D eigenvalue weighted by Gasteiger charge is -2.29. The molecule has 3 atom stereocenters. The van der Waals surface area contributed by atoms with Crippen molar-refractivity contribution in [1.29, 1.82) is 0 Å². The molecule has 2 rings (SSSR count). The molecule has 1 saturated carbocycles. The van der Waals surface area contributed by atoms with Crippen LogP contribution in [0.1, 0.15) is 12.8 Å². The number of ether oxygens (including phenoxy) is 3. The summed E-state index contributed by atoms with van der Waals surface area (Å²) >= 11 is 0. The largest absolute Gasteiger partial charge is 0.457 e. The zero-order valence-corrected chi connectivity index (χ0v) is 8.11. The van der Waals surface area contributed by atoms with Gasteiger partial charge in [-0.2, -0.15) is 0 Å². The highest BCUT2D eigenvalue weighted by Crippen LogP contribution is 2.39. The smallest absolute Gasteiger partial charge is 0.339 e. The first kappa shape index (κ1) is 9.61. The molecule has 78 valence electrons. The first-order chi connectivity index (χ1) is 6.63. The fourth-order valence-electron chi connectivity index (χ4n) is 2.12. The highest BCUT2D eigenvalue weighted by atomic mass is 16.6. The molecule has 0 aromatic heterocycles. The van der Waals surface area contributed by atoms with E-state index in [9.17, 15) is 9.59 Å². The summed E-state index contributed by atoms with van der Waals surface area (Å²) in [4.78, 5) is 23.0. The van der Waals surface area contributed by atoms with Gasteiger partial charge in [0.2, 0.25) is 0 Å². The molecular formula is C9H12O5. The van der Waals surface area contributed by atoms with Crippen molar-refractivity contribution in [2.24, 2.45) is 0 Å². The summed E-state index contributed by atoms with van der Waals surface area (Å²) in [5, 5.41) is 0. The van der Waals surface area contributed by atoms with Gasteiger partial charge >= 0.3 is 5.97 Å². The van der Waals surface area contributed by atoms with Crippen molar-refractivity contribution >= 4 is 11.8 Å². The van der Waals surface area contributed by atoms with Crippen LogP contribution in [-0.2, 0) is 23.8 Å². The van der Waals surface area contributed by atoms with E-state index < -0.39 is 23.8 Å². The topological polar surface area (TPSA) is 61.8 Å². The fourth-order valence-corrected chi connectivity index (χ4v) is 2.12. The highest BCUT2D eigenvalue weighted by molar-refractivity contribution is 5.96. The molecule has 0 N–H and O–H groups in total. The molecule has 5 nitrogen and oxygen atoms in total. The highest BCUT2D eigenvalue weighted by Gasteiger charge is 2.59. The number of Topliss-reactive ketones (excluding diaryl/α,β-unsaturated/α-hetero) is 1. The predicted molar refractivity (Wildman–Crippen MR) is 44.7 cm³/mol. The van der Waals surface area contributed by atoms with Gasteiger partial charge in [0.05, 0.1) is 0 Å². The summed E-state index contributed by atoms with van der Waals surface area (Å²) in [6, 6.07) is 0. The standard InChI is InChI=1S/C9H12O5/c1-12-7-5(10)3-9(13-2)4-6(7)14-8(9)11/h6-7H,3-4H2,1-2H3/t6-,7-,9+/m1/s1. The van der Waals surface area contributed by atoms with Gasteiger partial charge in [-0.3, -0.25) is 4.79 Å². The van der Waals surface area contributed by atoms with Crippen LogP contribution in [0.3, 0.4) is 0 Å². The third-order valence-electron chi connectivity index (χ3n) is 2.92. The zero-order valence-electron chi connectivity index (χ0n) is 8.11. The van der Waals surface area contributed by atoms with Gasteiger partial charge in [0.25, 0.3) is 0 Å². The Labute approximate surface area is 81.3 Å². The third kappa shape index (κ3) is 1.09. The van der Waals surface area contributed by atoms with Crippen molar-refractivity contribution in [2.45, 2.75) is 30.7 Å². The van der Waals surface area contributed by atoms with Crippen LogP contribution in [-0.4, -0.2) is 43.8 Å². The lowest BCUT2D eigenvalue weighted by atomic mass is 9.83. The lowest BCUT2D eigenvalue weighted by Crippen LogP contribution is -2.47. The summed E-state index contributed by atoms with van der Waals surface area (Å²) in [6.45, 7) is 0. The Morgan fingerprint density at radius 2 is 2.14 bits per heavy atom. The van der Waals surface area contributed by atoms with Crippen LogP contribution in [0.4, 0.5) is 0 Å². The van der Waals surface area contributed by atoms with E-state index in [0.717, 1.165) is 0 Å². The minimum Gasteiger partial charge on any atom is -0.457 e. The summed E-state index contributed by atoms with van der Waals surface area (Å²) < 4.78 is 15.1. The lowest BCUT2D eigenvalue weighted by molar-refractivity contribution is -0.157. The average molecular weight is 200 g/mol. The molecule has 1 aliphatic heterocycles. The summed E-state index contributed by atoms with van der Waals surface area (Å²) in [7, 11) is 2.86. The molecule has 2 aliphatic rings. The van der Waals surface area contributed by atoms with Gasteiger partial charge in [-0.25, -0.2) is 4.79 Å². The molecule has 0 radical (unpaired) electrons. The van der Waals surface area contributed by atoms with Crippen molar-refractivity contribution in [3.05, 3.63) is 0 Å². The Morgan fingerprint density at radius 1 is 1.43 bits per heavy atom. The molecule has 0 aromatic carbocycles. The van der Waals surface area contributed by atoms with Gasteiger partial charge in [0.1, 0.15) is 6.10 Å². The maximum absolute atomic E-state index is 11.6. The van der Waals surface area contributed by atoms with Gasteiger partial charge < -0.3 is 14.2 Å². The van der Waals surface area contributed by atoms with Crippen LogP contribution in [0.25, 0.3) is 0 Å². The van der Waals surface area contributed by atoms with E-state index in [1.807, 2.05) is 0 Å². The van der Waals surface area contributed by atoms with Gasteiger partial charge in [0.15, 0.2) is 17.5 Å². The molecule has 14 heavy (non-hydrogen) atoms. The minimum absolute atomic E-state index is 0.0529. The van der Waals surface area contributed by atoms with Crippen molar-refractivity contribution in [3.8, 4) is 0 Å². The van der Waals surface area contributed by atoms with E-state index in [2.05, 4.69) is 0 Å². The first-order valence-electron chi connectivity index (χ1n) is 4.45. The average Bonchev–Trinajstić information content (AvgIpc) is 2.41. The van der Waals surface area contributed by atoms with Crippen LogP contribution in [0, 0.1) is 0 Å². The number of hydrogen-bond donors (Lipinski definition) is 0. The number of fused-ring (bicyclic) bond motifs is 2. The first-order valence-corrected chi connectivity index (χ1v) is 4.45. The number of ketones is 1. The Bertz CT molecular complexity index is 287. The van der Waals surface area contributed by atoms with E-state index in [1.165, 1.54) is 14.2 Å². The Balaban J connectivity index is 2.29. The summed E-state index contributed by atoms with van der Waals surface area (Å²) in [6.07, 6.45) is -0.636. The number of carbonyl (C=O) groups is 2. The molecule has 5 heteroatoms. The van der Waals surface area contributed by atoms with Crippen LogP contribution in [0.15, 0.2) is 0 Å². The van der Waals surface area contributed by atoms with Crippen LogP contribution < -0.4 is 0 Å². The van der Waals surface area contributed by atoms with E-state index in [1.54, 1.807) is 0 Å². The number of methoxy groups -OCH3 is 2. The Hall–Kier alpha value is -0.940. The quantitative estimate of drug-likeness (QED) is 0.571. The minimum atomic E-state index is -1.04. The molecule has 1 heterocycles. The van der Waals surface area contributed by atoms with E-state index >= 15 is 0 Å². The second kappa shape index (κ2) is 3.03. The molecule has 2 bridgehead atoms. The van der Waals surface area contributed by atoms with E-state index in [-0.39, 0.29) is 12.2 Å². The van der Waals surface area contributed by atoms with Crippen molar-refractivity contribution < 1.29 is 23.8 Å². The van der Waals surface area contributed by atoms with Crippen LogP contribution in [0.5, 0.6) is 0 Å². The number of carbonyl (C=O) groups excluding carboxylic acids is 2. The Kier molecular flexibility index (Phi) is 2.08. The maximum atomic E-state index is 11.6. The molecule has 1 saturated heterocycles. The second-order valence-corrected chi connectivity index (χ2v) is 3.65. The Morgan fingerprint density at radius 3 is 2.71 bits per heavy atom. The fraction of sp³-hybridized carbons (Fsp3) is 0.778. The molecule has 0 unspecified atom stereocenters. The maximum Gasteiger partial charge on any atom is 0.339 e. The van der Waals surface area contributed by atoms with Gasteiger partial charge in [0, 0.05) is 27.1 Å². The van der Waals surface area contributed by atoms with Crippen molar-refractivity contribution in [2.75, 3.05) is 14.2 Å². The predicted octanol–water partition coefficient (Wildman–Crippen LogP) is -0.325. The molecule has 1 aliphatic carbocycles. The SMILES string of the molecule is CO[C@@H]1C(=O)C[C@]2(OC)C[C@H]1OC2=O. The second-order valence-electron chi connectivity index (χ2n) is 3.65. The van der Waals surface area contributed by atoms with Gasteiger partial charge in [-0.05, 0) is 0 Å². The normalized spacial score (nSPS) is 41.3. The zero-order chi connectivity index (χ0) is 10.3. The summed E-state index contributed by atoms with van der Waals surface area (Å²) in [5.74, 6) is -0.575. The van der Waals surface area contributed by atoms with E-state index in [0.29, 0.717) is 6.42 Å². The summed E-state index contributed by atoms with van der Waals surface area (Å²) in [5.41, 5.74) is -1.04. The number of esters is 1. The van der Waals surface area contributed by atoms with Gasteiger partial charge in [-0.15, -0.1) is 0 Å². The molecule has 0 spiro atoms. The van der Waals surface area contributed by atoms with E-state index in [4.69, 9.17) is 14.2 Å². The van der Waals surface area contributed by atoms with Crippen LogP contribution in [0.2, 0.25) is 0 Å². The molecular weight excluding hydrogens is 188 g/mol. The number of rotatable bonds is 2. The molecule has 2 fully saturated rings. The van der Waals surface area contributed by atoms with Crippen LogP contribution >= 0.6 is 0 Å². The van der Waals surface area contributed by atoms with Crippen molar-refractivity contribution in [3.63, 3.8) is 0 Å². The molecule has 0 aromatic rings. The number of hydrogen-bond acceptors (Lipinski definition) is 5. The van der Waals surface area contributed by atoms with Gasteiger partial charge in [-0.1, -0.05) is 0 Å². The monoisotopic (exact) mass is 200 g/mol. The molecule has 0 amide bonds. The van der Waals surface area contributed by atoms with Crippen molar-refractivity contribution in [1.82, 2.24) is 0 Å².